The molecule has 1 unspecified atom stereocenters. The summed E-state index contributed by atoms with van der Waals surface area (Å²) in [6.07, 6.45) is -3.34. The zero-order valence-corrected chi connectivity index (χ0v) is 11.5. The second-order valence-electron chi connectivity index (χ2n) is 5.24. The number of benzene rings is 1. The minimum Gasteiger partial charge on any atom is -0.327 e. The highest BCUT2D eigenvalue weighted by molar-refractivity contribution is 5.94. The van der Waals surface area contributed by atoms with Crippen molar-refractivity contribution in [1.82, 2.24) is 0 Å². The molecule has 3 N–H and O–H groups in total. The van der Waals surface area contributed by atoms with Crippen molar-refractivity contribution >= 4 is 11.6 Å². The number of rotatable bonds is 5. The lowest BCUT2D eigenvalue weighted by atomic mass is 9.98. The van der Waals surface area contributed by atoms with Crippen LogP contribution in [-0.2, 0) is 11.2 Å². The van der Waals surface area contributed by atoms with E-state index in [9.17, 15) is 18.0 Å². The zero-order valence-electron chi connectivity index (χ0n) is 11.5. The van der Waals surface area contributed by atoms with Crippen LogP contribution in [0.4, 0.5) is 18.9 Å². The Morgan fingerprint density at radius 1 is 1.25 bits per heavy atom. The molecule has 112 valence electrons. The second kappa shape index (κ2) is 6.74. The number of halogens is 3. The van der Waals surface area contributed by atoms with Crippen molar-refractivity contribution in [2.45, 2.75) is 38.9 Å². The third-order valence-electron chi connectivity index (χ3n) is 2.74. The summed E-state index contributed by atoms with van der Waals surface area (Å²) in [4.78, 5) is 10.8. The van der Waals surface area contributed by atoms with E-state index in [1.165, 1.54) is 12.1 Å². The van der Waals surface area contributed by atoms with Crippen LogP contribution in [0.2, 0.25) is 0 Å². The van der Waals surface area contributed by atoms with Gasteiger partial charge in [-0.3, -0.25) is 4.79 Å². The van der Waals surface area contributed by atoms with Gasteiger partial charge >= 0.3 is 12.1 Å². The average Bonchev–Trinajstić information content (AvgIpc) is 2.29. The number of alkyl halides is 3. The normalized spacial score (nSPS) is 13.3. The van der Waals surface area contributed by atoms with E-state index in [1.54, 1.807) is 17.4 Å². The molecule has 1 rings (SSSR count). The molecule has 0 aliphatic heterocycles. The van der Waals surface area contributed by atoms with Gasteiger partial charge in [0, 0.05) is 11.7 Å². The Morgan fingerprint density at radius 2 is 1.80 bits per heavy atom. The van der Waals surface area contributed by atoms with Gasteiger partial charge in [-0.1, -0.05) is 26.0 Å². The van der Waals surface area contributed by atoms with E-state index in [-0.39, 0.29) is 11.7 Å². The van der Waals surface area contributed by atoms with Gasteiger partial charge in [0.2, 0.25) is 0 Å². The van der Waals surface area contributed by atoms with E-state index in [0.29, 0.717) is 12.3 Å². The Balaban J connectivity index is 2.59. The summed E-state index contributed by atoms with van der Waals surface area (Å²) in [5.74, 6) is -1.47. The van der Waals surface area contributed by atoms with E-state index >= 15 is 0 Å². The fourth-order valence-corrected chi connectivity index (χ4v) is 1.92. The Kier molecular flexibility index (Phi) is 5.56. The first-order chi connectivity index (χ1) is 9.18. The summed E-state index contributed by atoms with van der Waals surface area (Å²) < 4.78 is 36.2. The van der Waals surface area contributed by atoms with Gasteiger partial charge in [0.05, 0.1) is 0 Å². The number of amides is 1. The molecular weight excluding hydrogens is 269 g/mol. The summed E-state index contributed by atoms with van der Waals surface area (Å²) in [6.45, 7) is 4.16. The Bertz CT molecular complexity index is 441. The third kappa shape index (κ3) is 5.61. The molecule has 0 spiro atoms. The van der Waals surface area contributed by atoms with Crippen molar-refractivity contribution in [2.24, 2.45) is 11.7 Å². The number of nitrogens with two attached hydrogens (primary N) is 1. The van der Waals surface area contributed by atoms with E-state index in [1.807, 2.05) is 0 Å². The van der Waals surface area contributed by atoms with Gasteiger partial charge in [0.1, 0.15) is 0 Å². The summed E-state index contributed by atoms with van der Waals surface area (Å²) in [5, 5.41) is 1.80. The average molecular weight is 288 g/mol. The van der Waals surface area contributed by atoms with Gasteiger partial charge in [-0.2, -0.15) is 13.2 Å². The monoisotopic (exact) mass is 288 g/mol. The van der Waals surface area contributed by atoms with Gasteiger partial charge in [0.25, 0.3) is 0 Å². The SMILES string of the molecule is CC(C)CC(N)Cc1ccc(NC(=O)C(F)(F)F)cc1. The van der Waals surface area contributed by atoms with Crippen molar-refractivity contribution < 1.29 is 18.0 Å². The van der Waals surface area contributed by atoms with Crippen molar-refractivity contribution in [2.75, 3.05) is 5.32 Å². The number of carbonyl (C=O) groups is 1. The molecule has 1 atom stereocenters. The predicted molar refractivity (Wildman–Crippen MR) is 72.3 cm³/mol. The molecule has 0 radical (unpaired) electrons. The molecule has 0 aromatic heterocycles. The molecule has 1 aromatic rings. The lowest BCUT2D eigenvalue weighted by Gasteiger charge is -2.14. The first-order valence-electron chi connectivity index (χ1n) is 6.41. The minimum absolute atomic E-state index is 0.0191. The molecule has 6 heteroatoms. The molecule has 0 aliphatic rings. The summed E-state index contributed by atoms with van der Waals surface area (Å²) >= 11 is 0. The van der Waals surface area contributed by atoms with Crippen LogP contribution in [-0.4, -0.2) is 18.1 Å². The summed E-state index contributed by atoms with van der Waals surface area (Å²) in [6, 6.07) is 6.26. The maximum Gasteiger partial charge on any atom is 0.471 e. The standard InChI is InChI=1S/C14H19F3N2O/c1-9(2)7-11(18)8-10-3-5-12(6-4-10)19-13(20)14(15,16)17/h3-6,9,11H,7-8,18H2,1-2H3,(H,19,20). The number of carbonyl (C=O) groups excluding carboxylic acids is 1. The Hall–Kier alpha value is -1.56. The van der Waals surface area contributed by atoms with E-state index in [0.717, 1.165) is 12.0 Å². The summed E-state index contributed by atoms with van der Waals surface area (Å²) in [5.41, 5.74) is 7.02. The van der Waals surface area contributed by atoms with Crippen LogP contribution < -0.4 is 11.1 Å². The van der Waals surface area contributed by atoms with Crippen LogP contribution in [0.25, 0.3) is 0 Å². The highest BCUT2D eigenvalue weighted by Gasteiger charge is 2.38. The molecule has 0 saturated carbocycles. The number of hydrogen-bond acceptors (Lipinski definition) is 2. The quantitative estimate of drug-likeness (QED) is 0.874. The molecule has 0 bridgehead atoms. The van der Waals surface area contributed by atoms with Crippen molar-refractivity contribution in [3.05, 3.63) is 29.8 Å². The van der Waals surface area contributed by atoms with Gasteiger partial charge in [-0.15, -0.1) is 0 Å². The van der Waals surface area contributed by atoms with Crippen LogP contribution >= 0.6 is 0 Å². The van der Waals surface area contributed by atoms with Crippen molar-refractivity contribution in [1.29, 1.82) is 0 Å². The van der Waals surface area contributed by atoms with Crippen molar-refractivity contribution in [3.8, 4) is 0 Å². The van der Waals surface area contributed by atoms with Crippen LogP contribution in [0.5, 0.6) is 0 Å². The van der Waals surface area contributed by atoms with Crippen LogP contribution in [0.1, 0.15) is 25.8 Å². The zero-order chi connectivity index (χ0) is 15.3. The Morgan fingerprint density at radius 3 is 2.25 bits per heavy atom. The van der Waals surface area contributed by atoms with E-state index in [2.05, 4.69) is 13.8 Å². The smallest absolute Gasteiger partial charge is 0.327 e. The predicted octanol–water partition coefficient (Wildman–Crippen LogP) is 3.10. The lowest BCUT2D eigenvalue weighted by molar-refractivity contribution is -0.167. The van der Waals surface area contributed by atoms with Crippen LogP contribution in [0.15, 0.2) is 24.3 Å². The molecule has 0 saturated heterocycles. The highest BCUT2D eigenvalue weighted by Crippen LogP contribution is 2.19. The number of hydrogen-bond donors (Lipinski definition) is 2. The summed E-state index contributed by atoms with van der Waals surface area (Å²) in [7, 11) is 0. The van der Waals surface area contributed by atoms with Gasteiger partial charge in [-0.05, 0) is 36.5 Å². The molecule has 1 amide bonds. The maximum atomic E-state index is 12.1. The van der Waals surface area contributed by atoms with Crippen LogP contribution in [0, 0.1) is 5.92 Å². The lowest BCUT2D eigenvalue weighted by Crippen LogP contribution is -2.29. The molecule has 0 aliphatic carbocycles. The molecule has 20 heavy (non-hydrogen) atoms. The largest absolute Gasteiger partial charge is 0.471 e. The molecule has 3 nitrogen and oxygen atoms in total. The molecule has 1 aromatic carbocycles. The van der Waals surface area contributed by atoms with Crippen molar-refractivity contribution in [3.63, 3.8) is 0 Å². The first kappa shape index (κ1) is 16.5. The first-order valence-corrected chi connectivity index (χ1v) is 6.41. The van der Waals surface area contributed by atoms with Crippen LogP contribution in [0.3, 0.4) is 0 Å². The third-order valence-corrected chi connectivity index (χ3v) is 2.74. The number of nitrogens with one attached hydrogen (secondary N) is 1. The second-order valence-corrected chi connectivity index (χ2v) is 5.24. The van der Waals surface area contributed by atoms with E-state index < -0.39 is 12.1 Å². The molecule has 0 fully saturated rings. The van der Waals surface area contributed by atoms with E-state index in [4.69, 9.17) is 5.73 Å². The molecule has 0 heterocycles. The fraction of sp³-hybridized carbons (Fsp3) is 0.500. The molecular formula is C14H19F3N2O. The highest BCUT2D eigenvalue weighted by atomic mass is 19.4. The van der Waals surface area contributed by atoms with Gasteiger partial charge in [-0.25, -0.2) is 0 Å². The topological polar surface area (TPSA) is 55.1 Å². The number of anilines is 1. The maximum absolute atomic E-state index is 12.1. The Labute approximate surface area is 116 Å². The minimum atomic E-state index is -4.88. The fourth-order valence-electron chi connectivity index (χ4n) is 1.92. The van der Waals surface area contributed by atoms with Gasteiger partial charge in [0.15, 0.2) is 0 Å². The van der Waals surface area contributed by atoms with Gasteiger partial charge < -0.3 is 11.1 Å².